The Hall–Kier alpha value is -2.28. The summed E-state index contributed by atoms with van der Waals surface area (Å²) in [5.41, 5.74) is 3.10. The Morgan fingerprint density at radius 1 is 1.13 bits per heavy atom. The molecule has 3 rings (SSSR count). The summed E-state index contributed by atoms with van der Waals surface area (Å²) in [6.07, 6.45) is 0.856. The van der Waals surface area contributed by atoms with E-state index in [1.165, 1.54) is 0 Å². The van der Waals surface area contributed by atoms with Gasteiger partial charge in [-0.25, -0.2) is 0 Å². The lowest BCUT2D eigenvalue weighted by Gasteiger charge is -2.32. The van der Waals surface area contributed by atoms with Crippen molar-refractivity contribution in [1.82, 2.24) is 5.32 Å². The summed E-state index contributed by atoms with van der Waals surface area (Å²) in [5.74, 6) is 1.33. The molecule has 2 N–H and O–H groups in total. The summed E-state index contributed by atoms with van der Waals surface area (Å²) in [4.78, 5) is 0. The predicted molar refractivity (Wildman–Crippen MR) is 87.2 cm³/mol. The van der Waals surface area contributed by atoms with Crippen LogP contribution in [0, 0.1) is 5.21 Å². The van der Waals surface area contributed by atoms with Crippen molar-refractivity contribution < 1.29 is 14.7 Å². The van der Waals surface area contributed by atoms with Gasteiger partial charge in [-0.1, -0.05) is 18.2 Å². The maximum atomic E-state index is 11.4. The minimum atomic E-state index is -0.196. The molecule has 1 unspecified atom stereocenters. The van der Waals surface area contributed by atoms with Crippen LogP contribution in [0.4, 0.5) is 5.69 Å². The van der Waals surface area contributed by atoms with Crippen molar-refractivity contribution in [3.63, 3.8) is 0 Å². The van der Waals surface area contributed by atoms with Crippen LogP contribution in [-0.2, 0) is 6.42 Å². The number of anilines is 1. The van der Waals surface area contributed by atoms with Gasteiger partial charge in [0.15, 0.2) is 11.5 Å². The maximum Gasteiger partial charge on any atom is 0.161 e. The van der Waals surface area contributed by atoms with E-state index in [-0.39, 0.29) is 17.0 Å². The van der Waals surface area contributed by atoms with E-state index in [1.807, 2.05) is 24.3 Å². The Labute approximate surface area is 134 Å². The molecule has 1 aliphatic rings. The van der Waals surface area contributed by atoms with Crippen molar-refractivity contribution in [2.24, 2.45) is 0 Å². The molecule has 0 spiro atoms. The standard InChI is InChI=1S/C17H19N2O4/c1-22-15-9-11-7-8-18-17(13(11)10-16(15)23-2)12-5-3-4-6-14(12)19(20)21/h3-6,9-10,17-18,20H,7-8H2,1-2H3/q-1. The average Bonchev–Trinajstić information content (AvgIpc) is 2.59. The molecule has 1 atom stereocenters. The van der Waals surface area contributed by atoms with Crippen LogP contribution in [0.2, 0.25) is 0 Å². The Balaban J connectivity index is 2.12. The van der Waals surface area contributed by atoms with Crippen molar-refractivity contribution in [2.75, 3.05) is 26.0 Å². The predicted octanol–water partition coefficient (Wildman–Crippen LogP) is 2.63. The van der Waals surface area contributed by atoms with Gasteiger partial charge in [0, 0.05) is 6.54 Å². The number of rotatable bonds is 4. The first-order valence-corrected chi connectivity index (χ1v) is 7.39. The third-order valence-corrected chi connectivity index (χ3v) is 4.15. The number of hydrogen-bond acceptors (Lipinski definition) is 6. The average molecular weight is 315 g/mol. The number of methoxy groups -OCH3 is 2. The molecule has 0 bridgehead atoms. The molecule has 1 aliphatic heterocycles. The van der Waals surface area contributed by atoms with Crippen LogP contribution in [0.15, 0.2) is 36.4 Å². The normalized spacial score (nSPS) is 16.6. The van der Waals surface area contributed by atoms with Crippen molar-refractivity contribution >= 4 is 5.69 Å². The van der Waals surface area contributed by atoms with E-state index in [9.17, 15) is 10.4 Å². The minimum absolute atomic E-state index is 0.0912. The highest BCUT2D eigenvalue weighted by Gasteiger charge is 2.25. The molecule has 0 saturated carbocycles. The lowest BCUT2D eigenvalue weighted by Crippen LogP contribution is -2.31. The Kier molecular flexibility index (Phi) is 4.38. The molecule has 0 fully saturated rings. The Bertz CT molecular complexity index is 703. The summed E-state index contributed by atoms with van der Waals surface area (Å²) >= 11 is 0. The molecule has 2 aromatic rings. The summed E-state index contributed by atoms with van der Waals surface area (Å²) in [6, 6.07) is 10.7. The fraction of sp³-hybridized carbons (Fsp3) is 0.294. The van der Waals surface area contributed by atoms with Gasteiger partial charge in [-0.3, -0.25) is 5.21 Å². The van der Waals surface area contributed by atoms with E-state index < -0.39 is 0 Å². The minimum Gasteiger partial charge on any atom is -0.733 e. The third-order valence-electron chi connectivity index (χ3n) is 4.15. The van der Waals surface area contributed by atoms with Gasteiger partial charge >= 0.3 is 0 Å². The van der Waals surface area contributed by atoms with E-state index >= 15 is 0 Å². The van der Waals surface area contributed by atoms with Crippen LogP contribution >= 0.6 is 0 Å². The van der Waals surface area contributed by atoms with E-state index in [4.69, 9.17) is 9.47 Å². The molecule has 0 amide bonds. The van der Waals surface area contributed by atoms with Gasteiger partial charge in [0.05, 0.1) is 25.9 Å². The van der Waals surface area contributed by atoms with Gasteiger partial charge in [-0.2, -0.15) is 0 Å². The molecule has 2 aromatic carbocycles. The highest BCUT2D eigenvalue weighted by molar-refractivity contribution is 5.59. The molecule has 0 radical (unpaired) electrons. The monoisotopic (exact) mass is 315 g/mol. The van der Waals surface area contributed by atoms with Gasteiger partial charge in [-0.05, 0) is 41.3 Å². The van der Waals surface area contributed by atoms with Crippen LogP contribution in [-0.4, -0.2) is 26.0 Å². The second kappa shape index (κ2) is 6.45. The number of benzene rings is 2. The number of hydrogen-bond donors (Lipinski definition) is 2. The highest BCUT2D eigenvalue weighted by atomic mass is 16.8. The van der Waals surface area contributed by atoms with E-state index in [1.54, 1.807) is 26.4 Å². The van der Waals surface area contributed by atoms with E-state index in [0.717, 1.165) is 29.7 Å². The van der Waals surface area contributed by atoms with Crippen LogP contribution in [0.3, 0.4) is 0 Å². The molecular formula is C17H19N2O4-. The third kappa shape index (κ3) is 2.84. The fourth-order valence-corrected chi connectivity index (χ4v) is 3.07. The first-order chi connectivity index (χ1) is 11.2. The number of nitrogens with one attached hydrogen (secondary N) is 1. The summed E-state index contributed by atoms with van der Waals surface area (Å²) < 4.78 is 10.8. The summed E-state index contributed by atoms with van der Waals surface area (Å²) in [6.45, 7) is 0.770. The van der Waals surface area contributed by atoms with Crippen LogP contribution in [0.1, 0.15) is 22.7 Å². The molecular weight excluding hydrogens is 296 g/mol. The van der Waals surface area contributed by atoms with E-state index in [2.05, 4.69) is 5.32 Å². The van der Waals surface area contributed by atoms with Gasteiger partial charge in [0.1, 0.15) is 0 Å². The van der Waals surface area contributed by atoms with Gasteiger partial charge in [0.2, 0.25) is 0 Å². The molecule has 1 heterocycles. The largest absolute Gasteiger partial charge is 0.733 e. The van der Waals surface area contributed by atoms with Crippen molar-refractivity contribution in [3.05, 3.63) is 58.3 Å². The lowest BCUT2D eigenvalue weighted by molar-refractivity contribution is 0.295. The molecule has 0 aliphatic carbocycles. The number of ether oxygens (including phenoxy) is 2. The number of nitrogens with zero attached hydrogens (tertiary/aromatic N) is 1. The number of para-hydroxylation sites is 1. The smallest absolute Gasteiger partial charge is 0.161 e. The first kappa shape index (κ1) is 15.6. The molecule has 23 heavy (non-hydrogen) atoms. The van der Waals surface area contributed by atoms with Crippen LogP contribution in [0.5, 0.6) is 11.5 Å². The van der Waals surface area contributed by atoms with Crippen molar-refractivity contribution in [1.29, 1.82) is 0 Å². The van der Waals surface area contributed by atoms with Crippen molar-refractivity contribution in [3.8, 4) is 11.5 Å². The topological polar surface area (TPSA) is 77.0 Å². The zero-order valence-electron chi connectivity index (χ0n) is 13.1. The molecule has 122 valence electrons. The van der Waals surface area contributed by atoms with E-state index in [0.29, 0.717) is 11.5 Å². The summed E-state index contributed by atoms with van der Waals surface area (Å²) in [7, 11) is 3.20. The Morgan fingerprint density at radius 3 is 2.52 bits per heavy atom. The molecule has 0 saturated heterocycles. The first-order valence-electron chi connectivity index (χ1n) is 7.39. The highest BCUT2D eigenvalue weighted by Crippen LogP contribution is 2.39. The second-order valence-corrected chi connectivity index (χ2v) is 5.37. The summed E-state index contributed by atoms with van der Waals surface area (Å²) in [5, 5.41) is 24.1. The Morgan fingerprint density at radius 2 is 1.83 bits per heavy atom. The zero-order chi connectivity index (χ0) is 16.4. The van der Waals surface area contributed by atoms with Gasteiger partial charge in [-0.15, -0.1) is 0 Å². The maximum absolute atomic E-state index is 11.4. The molecule has 6 nitrogen and oxygen atoms in total. The van der Waals surface area contributed by atoms with Crippen LogP contribution < -0.4 is 20.0 Å². The quantitative estimate of drug-likeness (QED) is 0.845. The fourth-order valence-electron chi connectivity index (χ4n) is 3.07. The van der Waals surface area contributed by atoms with Crippen molar-refractivity contribution in [2.45, 2.75) is 12.5 Å². The number of fused-ring (bicyclic) bond motifs is 1. The SMILES string of the molecule is COc1cc2c(cc1OC)C(c1ccccc1N([O-])O)NCC2. The van der Waals surface area contributed by atoms with Crippen LogP contribution in [0.25, 0.3) is 0 Å². The molecule has 0 aromatic heterocycles. The lowest BCUT2D eigenvalue weighted by atomic mass is 9.88. The van der Waals surface area contributed by atoms with Gasteiger partial charge < -0.3 is 25.2 Å². The second-order valence-electron chi connectivity index (χ2n) is 5.37. The zero-order valence-corrected chi connectivity index (χ0v) is 13.1. The molecule has 6 heteroatoms. The van der Waals surface area contributed by atoms with Gasteiger partial charge in [0.25, 0.3) is 0 Å².